The number of hydrogen-bond donors (Lipinski definition) is 1. The molecule has 0 radical (unpaired) electrons. The molecule has 1 fully saturated rings. The smallest absolute Gasteiger partial charge is 0.0242 e. The molecule has 2 nitrogen and oxygen atoms in total. The molecule has 0 amide bonds. The van der Waals surface area contributed by atoms with Gasteiger partial charge in [0.25, 0.3) is 0 Å². The van der Waals surface area contributed by atoms with Crippen LogP contribution in [0.2, 0.25) is 0 Å². The molecule has 1 N–H and O–H groups in total. The Morgan fingerprint density at radius 1 is 1.38 bits per heavy atom. The van der Waals surface area contributed by atoms with Crippen molar-refractivity contribution in [1.29, 1.82) is 0 Å². The van der Waals surface area contributed by atoms with E-state index in [2.05, 4.69) is 38.2 Å². The molecule has 78 valence electrons. The molecule has 2 atom stereocenters. The predicted octanol–water partition coefficient (Wildman–Crippen LogP) is 1.71. The largest absolute Gasteiger partial charge is 0.313 e. The molecule has 13 heavy (non-hydrogen) atoms. The third kappa shape index (κ3) is 3.65. The first-order valence-electron chi connectivity index (χ1n) is 5.55. The van der Waals surface area contributed by atoms with Gasteiger partial charge in [-0.1, -0.05) is 6.92 Å². The van der Waals surface area contributed by atoms with E-state index in [0.717, 1.165) is 18.5 Å². The lowest BCUT2D eigenvalue weighted by molar-refractivity contribution is 0.249. The first kappa shape index (κ1) is 11.0. The van der Waals surface area contributed by atoms with Crippen LogP contribution in [0, 0.1) is 5.92 Å². The van der Waals surface area contributed by atoms with Crippen molar-refractivity contribution < 1.29 is 0 Å². The first-order chi connectivity index (χ1) is 6.15. The van der Waals surface area contributed by atoms with Crippen LogP contribution in [0.5, 0.6) is 0 Å². The topological polar surface area (TPSA) is 15.3 Å². The van der Waals surface area contributed by atoms with Crippen LogP contribution >= 0.6 is 0 Å². The van der Waals surface area contributed by atoms with E-state index in [1.807, 2.05) is 0 Å². The van der Waals surface area contributed by atoms with Gasteiger partial charge in [-0.05, 0) is 46.2 Å². The molecule has 1 saturated carbocycles. The van der Waals surface area contributed by atoms with E-state index < -0.39 is 0 Å². The fourth-order valence-corrected chi connectivity index (χ4v) is 1.72. The van der Waals surface area contributed by atoms with Crippen molar-refractivity contribution >= 4 is 0 Å². The normalized spacial score (nSPS) is 21.9. The van der Waals surface area contributed by atoms with Gasteiger partial charge in [0.05, 0.1) is 0 Å². The maximum absolute atomic E-state index is 3.59. The molecule has 0 aromatic heterocycles. The number of rotatable bonds is 6. The monoisotopic (exact) mass is 184 g/mol. The molecule has 1 aliphatic carbocycles. The summed E-state index contributed by atoms with van der Waals surface area (Å²) in [5, 5.41) is 3.59. The van der Waals surface area contributed by atoms with Gasteiger partial charge in [0.1, 0.15) is 0 Å². The summed E-state index contributed by atoms with van der Waals surface area (Å²) in [6.45, 7) is 5.66. The Bertz CT molecular complexity index is 139. The van der Waals surface area contributed by atoms with Crippen LogP contribution in [0.25, 0.3) is 0 Å². The summed E-state index contributed by atoms with van der Waals surface area (Å²) in [7, 11) is 4.39. The molecule has 0 aliphatic heterocycles. The molecule has 0 heterocycles. The van der Waals surface area contributed by atoms with E-state index in [-0.39, 0.29) is 0 Å². The van der Waals surface area contributed by atoms with Gasteiger partial charge in [-0.25, -0.2) is 0 Å². The number of nitrogens with one attached hydrogen (secondary N) is 1. The summed E-state index contributed by atoms with van der Waals surface area (Å²) < 4.78 is 0. The van der Waals surface area contributed by atoms with Crippen LogP contribution in [0.4, 0.5) is 0 Å². The zero-order chi connectivity index (χ0) is 9.84. The van der Waals surface area contributed by atoms with Gasteiger partial charge in [0.2, 0.25) is 0 Å². The highest BCUT2D eigenvalue weighted by Crippen LogP contribution is 2.34. The zero-order valence-corrected chi connectivity index (χ0v) is 9.51. The van der Waals surface area contributed by atoms with Crippen molar-refractivity contribution in [2.45, 2.75) is 45.2 Å². The molecule has 0 aromatic carbocycles. The molecule has 2 heteroatoms. The molecular weight excluding hydrogens is 160 g/mol. The second-order valence-corrected chi connectivity index (χ2v) is 4.59. The number of hydrogen-bond acceptors (Lipinski definition) is 2. The molecule has 1 aliphatic rings. The summed E-state index contributed by atoms with van der Waals surface area (Å²) in [5.41, 5.74) is 0. The average Bonchev–Trinajstić information content (AvgIpc) is 2.87. The van der Waals surface area contributed by atoms with Gasteiger partial charge in [0.15, 0.2) is 0 Å². The average molecular weight is 184 g/mol. The lowest BCUT2D eigenvalue weighted by Crippen LogP contribution is -2.42. The maximum atomic E-state index is 3.59. The van der Waals surface area contributed by atoms with Crippen LogP contribution in [0.3, 0.4) is 0 Å². The van der Waals surface area contributed by atoms with Gasteiger partial charge in [0, 0.05) is 18.6 Å². The summed E-state index contributed by atoms with van der Waals surface area (Å²) in [6.07, 6.45) is 4.10. The van der Waals surface area contributed by atoms with E-state index in [0.29, 0.717) is 6.04 Å². The Morgan fingerprint density at radius 2 is 2.00 bits per heavy atom. The van der Waals surface area contributed by atoms with Crippen molar-refractivity contribution in [3.05, 3.63) is 0 Å². The van der Waals surface area contributed by atoms with Gasteiger partial charge in [-0.15, -0.1) is 0 Å². The Balaban J connectivity index is 2.22. The molecular formula is C11H24N2. The minimum Gasteiger partial charge on any atom is -0.313 e. The molecule has 0 saturated heterocycles. The lowest BCUT2D eigenvalue weighted by Gasteiger charge is -2.26. The fraction of sp³-hybridized carbons (Fsp3) is 1.00. The molecule has 0 spiro atoms. The molecule has 1 rings (SSSR count). The van der Waals surface area contributed by atoms with Crippen LogP contribution in [-0.4, -0.2) is 37.6 Å². The second kappa shape index (κ2) is 4.97. The zero-order valence-electron chi connectivity index (χ0n) is 9.51. The summed E-state index contributed by atoms with van der Waals surface area (Å²) >= 11 is 0. The van der Waals surface area contributed by atoms with Gasteiger partial charge >= 0.3 is 0 Å². The second-order valence-electron chi connectivity index (χ2n) is 4.59. The van der Waals surface area contributed by atoms with Crippen LogP contribution in [-0.2, 0) is 0 Å². The predicted molar refractivity (Wildman–Crippen MR) is 58.0 cm³/mol. The third-order valence-corrected chi connectivity index (χ3v) is 3.12. The maximum Gasteiger partial charge on any atom is 0.0242 e. The summed E-state index contributed by atoms with van der Waals surface area (Å²) in [6, 6.07) is 1.43. The van der Waals surface area contributed by atoms with Crippen molar-refractivity contribution in [2.75, 3.05) is 20.6 Å². The Kier molecular flexibility index (Phi) is 4.20. The van der Waals surface area contributed by atoms with E-state index in [4.69, 9.17) is 0 Å². The summed E-state index contributed by atoms with van der Waals surface area (Å²) in [4.78, 5) is 2.37. The minimum atomic E-state index is 0.668. The van der Waals surface area contributed by atoms with Crippen molar-refractivity contribution in [3.8, 4) is 0 Å². The Labute approximate surface area is 82.7 Å². The number of nitrogens with zero attached hydrogens (tertiary/aromatic N) is 1. The van der Waals surface area contributed by atoms with E-state index >= 15 is 0 Å². The molecule has 0 bridgehead atoms. The fourth-order valence-electron chi connectivity index (χ4n) is 1.72. The first-order valence-corrected chi connectivity index (χ1v) is 5.55. The highest BCUT2D eigenvalue weighted by atomic mass is 15.1. The van der Waals surface area contributed by atoms with Crippen molar-refractivity contribution in [1.82, 2.24) is 10.2 Å². The third-order valence-electron chi connectivity index (χ3n) is 3.12. The standard InChI is InChI=1S/C11H24N2/c1-5-9(2)12-8-11(13(3)4)10-6-7-10/h9-12H,5-8H2,1-4H3. The summed E-state index contributed by atoms with van der Waals surface area (Å²) in [5.74, 6) is 0.964. The van der Waals surface area contributed by atoms with Crippen LogP contribution in [0.15, 0.2) is 0 Å². The highest BCUT2D eigenvalue weighted by molar-refractivity contribution is 4.88. The van der Waals surface area contributed by atoms with E-state index in [9.17, 15) is 0 Å². The van der Waals surface area contributed by atoms with Gasteiger partial charge in [-0.2, -0.15) is 0 Å². The Hall–Kier alpha value is -0.0800. The quantitative estimate of drug-likeness (QED) is 0.676. The molecule has 0 aromatic rings. The Morgan fingerprint density at radius 3 is 2.38 bits per heavy atom. The molecule has 2 unspecified atom stereocenters. The SMILES string of the molecule is CCC(C)NCC(C1CC1)N(C)C. The highest BCUT2D eigenvalue weighted by Gasteiger charge is 2.32. The minimum absolute atomic E-state index is 0.668. The van der Waals surface area contributed by atoms with Crippen LogP contribution < -0.4 is 5.32 Å². The van der Waals surface area contributed by atoms with E-state index in [1.165, 1.54) is 19.3 Å². The number of likely N-dealkylation sites (N-methyl/N-ethyl adjacent to an activating group) is 1. The van der Waals surface area contributed by atoms with E-state index in [1.54, 1.807) is 0 Å². The van der Waals surface area contributed by atoms with Crippen molar-refractivity contribution in [3.63, 3.8) is 0 Å². The van der Waals surface area contributed by atoms with Crippen LogP contribution in [0.1, 0.15) is 33.1 Å². The lowest BCUT2D eigenvalue weighted by atomic mass is 10.1. The van der Waals surface area contributed by atoms with Gasteiger partial charge in [-0.3, -0.25) is 0 Å². The van der Waals surface area contributed by atoms with Crippen molar-refractivity contribution in [2.24, 2.45) is 5.92 Å². The van der Waals surface area contributed by atoms with Gasteiger partial charge < -0.3 is 10.2 Å².